The summed E-state index contributed by atoms with van der Waals surface area (Å²) in [7, 11) is 0. The van der Waals surface area contributed by atoms with E-state index < -0.39 is 0 Å². The zero-order valence-electron chi connectivity index (χ0n) is 14.1. The van der Waals surface area contributed by atoms with Crippen LogP contribution in [0.4, 0.5) is 0 Å². The lowest BCUT2D eigenvalue weighted by molar-refractivity contribution is 0.0724. The number of nitrogens with one attached hydrogen (secondary N) is 1. The summed E-state index contributed by atoms with van der Waals surface area (Å²) in [5.74, 6) is -0.0873. The predicted molar refractivity (Wildman–Crippen MR) is 91.9 cm³/mol. The Labute approximate surface area is 145 Å². The van der Waals surface area contributed by atoms with E-state index in [0.29, 0.717) is 24.5 Å². The number of amides is 1. The summed E-state index contributed by atoms with van der Waals surface area (Å²) in [4.78, 5) is 18.9. The lowest BCUT2D eigenvalue weighted by atomic mass is 10.1. The summed E-state index contributed by atoms with van der Waals surface area (Å²) in [6.07, 6.45) is 3.68. The van der Waals surface area contributed by atoms with Gasteiger partial charge in [-0.2, -0.15) is 15.4 Å². The standard InChI is InChI=1S/C18H20N6O/c1-13-17(21-22-20-13)18(25)23-10-8-16-15(11-23)19-12-24(16)9-7-14-5-3-2-4-6-14/h2-6,12H,7-11H2,1H3,(H,20,21,22). The summed E-state index contributed by atoms with van der Waals surface area (Å²) in [5.41, 5.74) is 4.56. The molecule has 0 saturated carbocycles. The topological polar surface area (TPSA) is 79.7 Å². The van der Waals surface area contributed by atoms with Crippen molar-refractivity contribution in [2.45, 2.75) is 32.9 Å². The SMILES string of the molecule is Cc1n[nH]nc1C(=O)N1CCc2c(ncn2CCc2ccccc2)C1. The average Bonchev–Trinajstić information content (AvgIpc) is 3.25. The van der Waals surface area contributed by atoms with Gasteiger partial charge in [-0.25, -0.2) is 4.98 Å². The number of aromatic nitrogens is 5. The molecule has 1 aliphatic heterocycles. The number of aromatic amines is 1. The molecule has 1 aliphatic rings. The second-order valence-corrected chi connectivity index (χ2v) is 6.30. The van der Waals surface area contributed by atoms with Crippen molar-refractivity contribution in [2.75, 3.05) is 6.54 Å². The van der Waals surface area contributed by atoms with E-state index in [-0.39, 0.29) is 5.91 Å². The molecule has 3 heterocycles. The molecule has 2 aromatic heterocycles. The first-order chi connectivity index (χ1) is 12.2. The van der Waals surface area contributed by atoms with Crippen molar-refractivity contribution in [3.63, 3.8) is 0 Å². The van der Waals surface area contributed by atoms with Crippen molar-refractivity contribution in [1.82, 2.24) is 29.9 Å². The van der Waals surface area contributed by atoms with E-state index in [0.717, 1.165) is 25.1 Å². The maximum absolute atomic E-state index is 12.6. The fourth-order valence-corrected chi connectivity index (χ4v) is 3.27. The molecule has 3 aromatic rings. The second kappa shape index (κ2) is 6.51. The van der Waals surface area contributed by atoms with Crippen LogP contribution in [0.25, 0.3) is 0 Å². The Kier molecular flexibility index (Phi) is 4.05. The lowest BCUT2D eigenvalue weighted by Crippen LogP contribution is -2.37. The van der Waals surface area contributed by atoms with E-state index in [4.69, 9.17) is 0 Å². The van der Waals surface area contributed by atoms with Crippen molar-refractivity contribution in [2.24, 2.45) is 0 Å². The summed E-state index contributed by atoms with van der Waals surface area (Å²) in [6, 6.07) is 10.4. The number of benzene rings is 1. The maximum Gasteiger partial charge on any atom is 0.276 e. The van der Waals surface area contributed by atoms with Crippen LogP contribution in [-0.2, 0) is 25.9 Å². The van der Waals surface area contributed by atoms with Gasteiger partial charge in [0.1, 0.15) is 0 Å². The number of H-pyrrole nitrogens is 1. The molecule has 0 bridgehead atoms. The first-order valence-electron chi connectivity index (χ1n) is 8.46. The van der Waals surface area contributed by atoms with E-state index in [2.05, 4.69) is 49.2 Å². The second-order valence-electron chi connectivity index (χ2n) is 6.30. The van der Waals surface area contributed by atoms with Crippen molar-refractivity contribution < 1.29 is 4.79 Å². The number of hydrogen-bond acceptors (Lipinski definition) is 4. The van der Waals surface area contributed by atoms with Crippen molar-refractivity contribution >= 4 is 5.91 Å². The van der Waals surface area contributed by atoms with Crippen LogP contribution >= 0.6 is 0 Å². The quantitative estimate of drug-likeness (QED) is 0.787. The van der Waals surface area contributed by atoms with Crippen LogP contribution in [0.2, 0.25) is 0 Å². The highest BCUT2D eigenvalue weighted by Crippen LogP contribution is 2.20. The van der Waals surface area contributed by atoms with E-state index in [1.54, 1.807) is 11.8 Å². The number of carbonyl (C=O) groups is 1. The zero-order chi connectivity index (χ0) is 17.2. The number of imidazole rings is 1. The van der Waals surface area contributed by atoms with Gasteiger partial charge in [-0.15, -0.1) is 0 Å². The molecule has 128 valence electrons. The third-order valence-corrected chi connectivity index (χ3v) is 4.69. The lowest BCUT2D eigenvalue weighted by Gasteiger charge is -2.26. The molecule has 1 amide bonds. The van der Waals surface area contributed by atoms with Gasteiger partial charge in [-0.05, 0) is 18.9 Å². The van der Waals surface area contributed by atoms with Crippen molar-refractivity contribution in [3.8, 4) is 0 Å². The molecule has 4 rings (SSSR count). The number of nitrogens with zero attached hydrogens (tertiary/aromatic N) is 5. The van der Waals surface area contributed by atoms with Gasteiger partial charge >= 0.3 is 0 Å². The highest BCUT2D eigenvalue weighted by atomic mass is 16.2. The number of aryl methyl sites for hydroxylation is 3. The van der Waals surface area contributed by atoms with Gasteiger partial charge in [0.25, 0.3) is 5.91 Å². The molecule has 7 heteroatoms. The highest BCUT2D eigenvalue weighted by Gasteiger charge is 2.27. The number of rotatable bonds is 4. The minimum absolute atomic E-state index is 0.0873. The summed E-state index contributed by atoms with van der Waals surface area (Å²) in [5, 5.41) is 10.4. The maximum atomic E-state index is 12.6. The monoisotopic (exact) mass is 336 g/mol. The number of carbonyl (C=O) groups excluding carboxylic acids is 1. The van der Waals surface area contributed by atoms with Gasteiger partial charge in [0, 0.05) is 25.2 Å². The smallest absolute Gasteiger partial charge is 0.276 e. The molecular weight excluding hydrogens is 316 g/mol. The van der Waals surface area contributed by atoms with Gasteiger partial charge in [0.05, 0.1) is 24.3 Å². The van der Waals surface area contributed by atoms with E-state index in [9.17, 15) is 4.79 Å². The van der Waals surface area contributed by atoms with E-state index in [1.165, 1.54) is 11.3 Å². The van der Waals surface area contributed by atoms with E-state index in [1.807, 2.05) is 12.4 Å². The fraction of sp³-hybridized carbons (Fsp3) is 0.333. The van der Waals surface area contributed by atoms with Gasteiger partial charge in [-0.1, -0.05) is 30.3 Å². The highest BCUT2D eigenvalue weighted by molar-refractivity contribution is 5.93. The van der Waals surface area contributed by atoms with Crippen LogP contribution in [0.5, 0.6) is 0 Å². The average molecular weight is 336 g/mol. The number of hydrogen-bond donors (Lipinski definition) is 1. The number of fused-ring (bicyclic) bond motifs is 1. The summed E-state index contributed by atoms with van der Waals surface area (Å²) in [6.45, 7) is 3.89. The third-order valence-electron chi connectivity index (χ3n) is 4.69. The molecule has 7 nitrogen and oxygen atoms in total. The largest absolute Gasteiger partial charge is 0.334 e. The van der Waals surface area contributed by atoms with Gasteiger partial charge in [-0.3, -0.25) is 4.79 Å². The van der Waals surface area contributed by atoms with E-state index >= 15 is 0 Å². The predicted octanol–water partition coefficient (Wildman–Crippen LogP) is 1.75. The molecule has 0 spiro atoms. The van der Waals surface area contributed by atoms with Crippen LogP contribution < -0.4 is 0 Å². The van der Waals surface area contributed by atoms with Crippen LogP contribution in [-0.4, -0.2) is 42.3 Å². The molecule has 0 unspecified atom stereocenters. The Morgan fingerprint density at radius 3 is 2.84 bits per heavy atom. The Morgan fingerprint density at radius 2 is 2.08 bits per heavy atom. The molecule has 0 radical (unpaired) electrons. The minimum atomic E-state index is -0.0873. The molecule has 0 atom stereocenters. The normalized spacial score (nSPS) is 13.7. The Balaban J connectivity index is 1.45. The first kappa shape index (κ1) is 15.6. The van der Waals surface area contributed by atoms with Gasteiger partial charge in [0.2, 0.25) is 0 Å². The van der Waals surface area contributed by atoms with Crippen LogP contribution in [0.1, 0.15) is 33.1 Å². The van der Waals surface area contributed by atoms with Gasteiger partial charge < -0.3 is 9.47 Å². The Hall–Kier alpha value is -2.96. The zero-order valence-corrected chi connectivity index (χ0v) is 14.1. The van der Waals surface area contributed by atoms with Crippen molar-refractivity contribution in [1.29, 1.82) is 0 Å². The minimum Gasteiger partial charge on any atom is -0.334 e. The molecule has 0 aliphatic carbocycles. The molecule has 1 N–H and O–H groups in total. The molecular formula is C18H20N6O. The van der Waals surface area contributed by atoms with Crippen LogP contribution in [0.15, 0.2) is 36.7 Å². The molecule has 0 saturated heterocycles. The molecule has 1 aromatic carbocycles. The first-order valence-corrected chi connectivity index (χ1v) is 8.46. The molecule has 0 fully saturated rings. The summed E-state index contributed by atoms with van der Waals surface area (Å²) < 4.78 is 2.21. The Morgan fingerprint density at radius 1 is 1.24 bits per heavy atom. The van der Waals surface area contributed by atoms with Crippen molar-refractivity contribution in [3.05, 3.63) is 65.0 Å². The van der Waals surface area contributed by atoms with Crippen LogP contribution in [0, 0.1) is 6.92 Å². The van der Waals surface area contributed by atoms with Crippen LogP contribution in [0.3, 0.4) is 0 Å². The molecule has 25 heavy (non-hydrogen) atoms. The fourth-order valence-electron chi connectivity index (χ4n) is 3.27. The van der Waals surface area contributed by atoms with Gasteiger partial charge in [0.15, 0.2) is 5.69 Å². The Bertz CT molecular complexity index is 882. The summed E-state index contributed by atoms with van der Waals surface area (Å²) >= 11 is 0. The third kappa shape index (κ3) is 3.05.